The third-order valence-electron chi connectivity index (χ3n) is 4.24. The maximum Gasteiger partial charge on any atom is 0.137 e. The van der Waals surface area contributed by atoms with Gasteiger partial charge in [0, 0.05) is 12.6 Å². The van der Waals surface area contributed by atoms with Gasteiger partial charge in [0.1, 0.15) is 31.1 Å². The lowest BCUT2D eigenvalue weighted by atomic mass is 10.0. The number of hydrogen-bond acceptors (Lipinski definition) is 5. The molecule has 1 aliphatic heterocycles. The predicted molar refractivity (Wildman–Crippen MR) is 87.2 cm³/mol. The van der Waals surface area contributed by atoms with E-state index in [1.807, 2.05) is 35.0 Å². The number of piperidine rings is 1. The molecule has 2 aromatic rings. The lowest BCUT2D eigenvalue weighted by Gasteiger charge is -2.36. The molecule has 0 spiro atoms. The Morgan fingerprint density at radius 2 is 2.13 bits per heavy atom. The first kappa shape index (κ1) is 16.0. The average Bonchev–Trinajstić information content (AvgIpc) is 3.09. The van der Waals surface area contributed by atoms with Crippen molar-refractivity contribution in [2.24, 2.45) is 0 Å². The van der Waals surface area contributed by atoms with Gasteiger partial charge in [-0.2, -0.15) is 5.10 Å². The summed E-state index contributed by atoms with van der Waals surface area (Å²) in [5.74, 6) is 0.796. The Morgan fingerprint density at radius 3 is 2.91 bits per heavy atom. The normalized spacial score (nSPS) is 20.3. The Hall–Kier alpha value is -1.92. The number of rotatable bonds is 7. The highest BCUT2D eigenvalue weighted by Gasteiger charge is 2.25. The van der Waals surface area contributed by atoms with Crippen LogP contribution in [0.25, 0.3) is 0 Å². The van der Waals surface area contributed by atoms with E-state index in [0.717, 1.165) is 25.3 Å². The minimum Gasteiger partial charge on any atom is -0.491 e. The Bertz CT molecular complexity index is 561. The number of likely N-dealkylation sites (tertiary alicyclic amines) is 1. The molecule has 1 saturated heterocycles. The predicted octanol–water partition coefficient (Wildman–Crippen LogP) is 1.57. The summed E-state index contributed by atoms with van der Waals surface area (Å²) in [5.41, 5.74) is 0. The van der Waals surface area contributed by atoms with Gasteiger partial charge in [0.2, 0.25) is 0 Å². The van der Waals surface area contributed by atoms with E-state index in [-0.39, 0.29) is 0 Å². The van der Waals surface area contributed by atoms with Crippen molar-refractivity contribution in [2.75, 3.05) is 19.7 Å². The smallest absolute Gasteiger partial charge is 0.137 e. The first-order valence-electron chi connectivity index (χ1n) is 8.23. The summed E-state index contributed by atoms with van der Waals surface area (Å²) in [5, 5.41) is 14.5. The van der Waals surface area contributed by atoms with Gasteiger partial charge < -0.3 is 9.84 Å². The van der Waals surface area contributed by atoms with Crippen LogP contribution >= 0.6 is 0 Å². The summed E-state index contributed by atoms with van der Waals surface area (Å²) >= 11 is 0. The number of hydrogen-bond donors (Lipinski definition) is 1. The Balaban J connectivity index is 1.49. The van der Waals surface area contributed by atoms with Gasteiger partial charge in [0.05, 0.1) is 6.54 Å². The van der Waals surface area contributed by atoms with Crippen molar-refractivity contribution in [2.45, 2.75) is 38.0 Å². The molecule has 0 saturated carbocycles. The van der Waals surface area contributed by atoms with Crippen LogP contribution in [0.15, 0.2) is 43.0 Å². The summed E-state index contributed by atoms with van der Waals surface area (Å²) in [4.78, 5) is 6.35. The van der Waals surface area contributed by atoms with Crippen LogP contribution in [0.4, 0.5) is 0 Å². The molecule has 0 bridgehead atoms. The van der Waals surface area contributed by atoms with E-state index in [0.29, 0.717) is 19.2 Å². The van der Waals surface area contributed by atoms with E-state index >= 15 is 0 Å². The van der Waals surface area contributed by atoms with E-state index in [4.69, 9.17) is 4.74 Å². The Morgan fingerprint density at radius 1 is 1.26 bits per heavy atom. The maximum atomic E-state index is 10.3. The van der Waals surface area contributed by atoms with Crippen LogP contribution in [-0.4, -0.2) is 56.6 Å². The van der Waals surface area contributed by atoms with E-state index in [2.05, 4.69) is 15.0 Å². The van der Waals surface area contributed by atoms with Gasteiger partial charge in [0.25, 0.3) is 0 Å². The number of aliphatic hydroxyl groups is 1. The van der Waals surface area contributed by atoms with E-state index in [1.54, 1.807) is 12.7 Å². The third-order valence-corrected chi connectivity index (χ3v) is 4.24. The van der Waals surface area contributed by atoms with Crippen molar-refractivity contribution in [3.05, 3.63) is 43.0 Å². The molecular formula is C17H24N4O2. The van der Waals surface area contributed by atoms with Gasteiger partial charge in [-0.25, -0.2) is 4.98 Å². The number of aliphatic hydroxyl groups excluding tert-OH is 1. The summed E-state index contributed by atoms with van der Waals surface area (Å²) in [6.07, 6.45) is 6.36. The molecular weight excluding hydrogens is 292 g/mol. The zero-order valence-corrected chi connectivity index (χ0v) is 13.3. The second-order valence-corrected chi connectivity index (χ2v) is 6.04. The van der Waals surface area contributed by atoms with Crippen molar-refractivity contribution in [3.8, 4) is 5.75 Å². The summed E-state index contributed by atoms with van der Waals surface area (Å²) in [6, 6.07) is 10.0. The topological polar surface area (TPSA) is 63.4 Å². The molecule has 0 radical (unpaired) electrons. The maximum absolute atomic E-state index is 10.3. The van der Waals surface area contributed by atoms with Crippen molar-refractivity contribution in [3.63, 3.8) is 0 Å². The molecule has 0 aliphatic carbocycles. The largest absolute Gasteiger partial charge is 0.491 e. The molecule has 124 valence electrons. The molecule has 2 heterocycles. The van der Waals surface area contributed by atoms with Gasteiger partial charge in [-0.05, 0) is 31.5 Å². The molecule has 1 aromatic heterocycles. The van der Waals surface area contributed by atoms with Gasteiger partial charge in [-0.15, -0.1) is 0 Å². The molecule has 3 rings (SSSR count). The van der Waals surface area contributed by atoms with Gasteiger partial charge in [-0.3, -0.25) is 9.58 Å². The molecule has 1 fully saturated rings. The lowest BCUT2D eigenvalue weighted by molar-refractivity contribution is 0.0345. The number of benzene rings is 1. The number of β-amino-alcohol motifs (C(OH)–C–C–N with tert-alkyl or cyclic N) is 1. The van der Waals surface area contributed by atoms with E-state index in [1.165, 1.54) is 12.8 Å². The van der Waals surface area contributed by atoms with Crippen LogP contribution in [0, 0.1) is 0 Å². The monoisotopic (exact) mass is 316 g/mol. The third kappa shape index (κ3) is 4.77. The number of para-hydroxylation sites is 1. The first-order valence-corrected chi connectivity index (χ1v) is 8.23. The van der Waals surface area contributed by atoms with Crippen LogP contribution in [-0.2, 0) is 6.54 Å². The van der Waals surface area contributed by atoms with Gasteiger partial charge in [0.15, 0.2) is 0 Å². The van der Waals surface area contributed by atoms with Crippen LogP contribution in [0.1, 0.15) is 19.3 Å². The standard InChI is InChI=1S/C17H24N4O2/c22-16(12-23-17-7-2-1-3-8-17)11-20-9-5-4-6-15(20)10-21-14-18-13-19-21/h1-3,7-8,13-16,22H,4-6,9-12H2/t15-,16-/m1/s1. The SMILES string of the molecule is O[C@@H](COc1ccccc1)CN1CCCC[C@@H]1Cn1cncn1. The fraction of sp³-hybridized carbons (Fsp3) is 0.529. The van der Waals surface area contributed by atoms with E-state index < -0.39 is 6.10 Å². The van der Waals surface area contributed by atoms with E-state index in [9.17, 15) is 5.11 Å². The van der Waals surface area contributed by atoms with Crippen LogP contribution in [0.3, 0.4) is 0 Å². The molecule has 23 heavy (non-hydrogen) atoms. The molecule has 6 heteroatoms. The summed E-state index contributed by atoms with van der Waals surface area (Å²) in [6.45, 7) is 2.79. The van der Waals surface area contributed by atoms with Crippen molar-refractivity contribution in [1.82, 2.24) is 19.7 Å². The summed E-state index contributed by atoms with van der Waals surface area (Å²) in [7, 11) is 0. The quantitative estimate of drug-likeness (QED) is 0.840. The van der Waals surface area contributed by atoms with Gasteiger partial charge in [-0.1, -0.05) is 24.6 Å². The van der Waals surface area contributed by atoms with Crippen LogP contribution in [0.5, 0.6) is 5.75 Å². The first-order chi connectivity index (χ1) is 11.3. The zero-order valence-electron chi connectivity index (χ0n) is 13.3. The number of nitrogens with zero attached hydrogens (tertiary/aromatic N) is 4. The molecule has 1 aliphatic rings. The highest BCUT2D eigenvalue weighted by Crippen LogP contribution is 2.19. The molecule has 0 amide bonds. The fourth-order valence-electron chi connectivity index (χ4n) is 3.08. The fourth-order valence-corrected chi connectivity index (χ4v) is 3.08. The highest BCUT2D eigenvalue weighted by molar-refractivity contribution is 5.20. The lowest BCUT2D eigenvalue weighted by Crippen LogP contribution is -2.46. The van der Waals surface area contributed by atoms with Crippen molar-refractivity contribution >= 4 is 0 Å². The molecule has 1 N–H and O–H groups in total. The van der Waals surface area contributed by atoms with Crippen molar-refractivity contribution < 1.29 is 9.84 Å². The van der Waals surface area contributed by atoms with Crippen molar-refractivity contribution in [1.29, 1.82) is 0 Å². The molecule has 0 unspecified atom stereocenters. The number of ether oxygens (including phenoxy) is 1. The Kier molecular flexibility index (Phi) is 5.60. The highest BCUT2D eigenvalue weighted by atomic mass is 16.5. The number of aromatic nitrogens is 3. The minimum atomic E-state index is -0.494. The second-order valence-electron chi connectivity index (χ2n) is 6.04. The zero-order chi connectivity index (χ0) is 15.9. The second kappa shape index (κ2) is 8.08. The minimum absolute atomic E-state index is 0.316. The van der Waals surface area contributed by atoms with Gasteiger partial charge >= 0.3 is 0 Å². The molecule has 1 aromatic carbocycles. The van der Waals surface area contributed by atoms with Crippen LogP contribution in [0.2, 0.25) is 0 Å². The Labute approximate surface area is 136 Å². The molecule has 2 atom stereocenters. The van der Waals surface area contributed by atoms with Crippen LogP contribution < -0.4 is 4.74 Å². The average molecular weight is 316 g/mol. The molecule has 6 nitrogen and oxygen atoms in total. The summed E-state index contributed by atoms with van der Waals surface area (Å²) < 4.78 is 7.52.